The van der Waals surface area contributed by atoms with Gasteiger partial charge in [-0.3, -0.25) is 4.79 Å². The van der Waals surface area contributed by atoms with Crippen molar-refractivity contribution in [2.24, 2.45) is 5.92 Å². The molecule has 9 heteroatoms. The number of carbonyl (C=O) groups is 1. The maximum absolute atomic E-state index is 12.7. The highest BCUT2D eigenvalue weighted by Gasteiger charge is 2.23. The molecule has 1 amide bonds. The van der Waals surface area contributed by atoms with Gasteiger partial charge in [0.25, 0.3) is 0 Å². The van der Waals surface area contributed by atoms with Crippen molar-refractivity contribution >= 4 is 39.7 Å². The highest BCUT2D eigenvalue weighted by atomic mass is 35.5. The number of hydrogen-bond acceptors (Lipinski definition) is 5. The zero-order valence-electron chi connectivity index (χ0n) is 16.2. The van der Waals surface area contributed by atoms with Crippen molar-refractivity contribution in [3.8, 4) is 0 Å². The van der Waals surface area contributed by atoms with Crippen LogP contribution in [0.5, 0.6) is 0 Å². The molecule has 2 rings (SSSR count). The number of amides is 1. The molecule has 154 valence electrons. The monoisotopic (exact) mass is 418 g/mol. The van der Waals surface area contributed by atoms with E-state index < -0.39 is 10.0 Å². The lowest BCUT2D eigenvalue weighted by atomic mass is 10.2. The van der Waals surface area contributed by atoms with Crippen LogP contribution in [0.3, 0.4) is 0 Å². The first-order chi connectivity index (χ1) is 12.4. The van der Waals surface area contributed by atoms with Gasteiger partial charge < -0.3 is 16.0 Å². The van der Waals surface area contributed by atoms with Crippen molar-refractivity contribution in [1.29, 1.82) is 0 Å². The summed E-state index contributed by atoms with van der Waals surface area (Å²) in [7, 11) is -3.57. The van der Waals surface area contributed by atoms with E-state index in [4.69, 9.17) is 0 Å². The predicted molar refractivity (Wildman–Crippen MR) is 112 cm³/mol. The summed E-state index contributed by atoms with van der Waals surface area (Å²) in [6.07, 6.45) is 2.45. The zero-order chi connectivity index (χ0) is 19.2. The van der Waals surface area contributed by atoms with Gasteiger partial charge in [0.05, 0.1) is 22.8 Å². The summed E-state index contributed by atoms with van der Waals surface area (Å²) in [5, 5.41) is 9.13. The highest BCUT2D eigenvalue weighted by Crippen LogP contribution is 2.28. The molecule has 0 bridgehead atoms. The quantitative estimate of drug-likeness (QED) is 0.513. The normalized spacial score (nSPS) is 13.9. The molecule has 0 saturated heterocycles. The number of carbonyl (C=O) groups excluding carboxylic acids is 1. The molecule has 1 aliphatic carbocycles. The molecule has 0 unspecified atom stereocenters. The highest BCUT2D eigenvalue weighted by molar-refractivity contribution is 7.89. The fraction of sp³-hybridized carbons (Fsp3) is 0.611. The minimum absolute atomic E-state index is 0. The van der Waals surface area contributed by atoms with Gasteiger partial charge >= 0.3 is 0 Å². The molecular weight excluding hydrogens is 388 g/mol. The van der Waals surface area contributed by atoms with Gasteiger partial charge in [-0.25, -0.2) is 8.42 Å². The second-order valence-electron chi connectivity index (χ2n) is 6.45. The lowest BCUT2D eigenvalue weighted by Gasteiger charge is -2.20. The Bertz CT molecular complexity index is 719. The molecule has 27 heavy (non-hydrogen) atoms. The van der Waals surface area contributed by atoms with Gasteiger partial charge in [0.2, 0.25) is 15.9 Å². The van der Waals surface area contributed by atoms with E-state index in [0.717, 1.165) is 6.54 Å². The summed E-state index contributed by atoms with van der Waals surface area (Å²) in [4.78, 5) is 12.4. The maximum atomic E-state index is 12.7. The predicted octanol–water partition coefficient (Wildman–Crippen LogP) is 2.51. The van der Waals surface area contributed by atoms with Crippen LogP contribution in [0.4, 0.5) is 11.4 Å². The molecule has 1 aromatic rings. The average molecular weight is 419 g/mol. The van der Waals surface area contributed by atoms with E-state index in [0.29, 0.717) is 36.9 Å². The van der Waals surface area contributed by atoms with Crippen LogP contribution in [0.1, 0.15) is 33.6 Å². The van der Waals surface area contributed by atoms with Gasteiger partial charge in [0, 0.05) is 19.6 Å². The van der Waals surface area contributed by atoms with E-state index >= 15 is 0 Å². The molecule has 0 spiro atoms. The van der Waals surface area contributed by atoms with Crippen LogP contribution >= 0.6 is 12.4 Å². The fourth-order valence-corrected chi connectivity index (χ4v) is 4.24. The van der Waals surface area contributed by atoms with Crippen molar-refractivity contribution in [2.75, 3.05) is 43.4 Å². The summed E-state index contributed by atoms with van der Waals surface area (Å²) >= 11 is 0. The number of hydrogen-bond donors (Lipinski definition) is 3. The molecular formula is C18H31ClN4O3S. The van der Waals surface area contributed by atoms with Crippen LogP contribution in [0.15, 0.2) is 23.1 Å². The Balaban J connectivity index is 0.00000364. The first-order valence-corrected chi connectivity index (χ1v) is 10.7. The largest absolute Gasteiger partial charge is 0.384 e. The molecule has 0 aliphatic heterocycles. The molecule has 0 radical (unpaired) electrons. The van der Waals surface area contributed by atoms with Gasteiger partial charge in [0.15, 0.2) is 0 Å². The van der Waals surface area contributed by atoms with Crippen LogP contribution in [0.25, 0.3) is 0 Å². The van der Waals surface area contributed by atoms with Gasteiger partial charge in [-0.2, -0.15) is 4.31 Å². The van der Waals surface area contributed by atoms with E-state index in [9.17, 15) is 13.2 Å². The maximum Gasteiger partial charge on any atom is 0.243 e. The van der Waals surface area contributed by atoms with Crippen LogP contribution in [-0.4, -0.2) is 51.4 Å². The first-order valence-electron chi connectivity index (χ1n) is 9.30. The third-order valence-electron chi connectivity index (χ3n) is 4.39. The number of nitrogens with one attached hydrogen (secondary N) is 3. The molecule has 1 aromatic carbocycles. The van der Waals surface area contributed by atoms with Crippen LogP contribution in [-0.2, 0) is 14.8 Å². The number of sulfonamides is 1. The molecule has 7 nitrogen and oxygen atoms in total. The smallest absolute Gasteiger partial charge is 0.243 e. The van der Waals surface area contributed by atoms with Crippen LogP contribution in [0.2, 0.25) is 0 Å². The van der Waals surface area contributed by atoms with Crippen molar-refractivity contribution < 1.29 is 13.2 Å². The lowest BCUT2D eigenvalue weighted by Crippen LogP contribution is -2.31. The van der Waals surface area contributed by atoms with E-state index in [1.165, 1.54) is 23.2 Å². The van der Waals surface area contributed by atoms with E-state index in [1.807, 2.05) is 20.8 Å². The Morgan fingerprint density at radius 3 is 2.37 bits per heavy atom. The standard InChI is InChI=1S/C18H30N4O3S.ClH/c1-4-20-16-10-9-15(26(24,25)22(5-2)6-3)11-17(16)21-18(23)13-19-12-14-7-8-14;/h9-11,14,19-20H,4-8,12-13H2,1-3H3,(H,21,23);1H. The van der Waals surface area contributed by atoms with E-state index in [2.05, 4.69) is 16.0 Å². The third-order valence-corrected chi connectivity index (χ3v) is 6.44. The molecule has 1 saturated carbocycles. The first kappa shape index (κ1) is 23.7. The molecule has 0 aromatic heterocycles. The third kappa shape index (κ3) is 6.64. The zero-order valence-corrected chi connectivity index (χ0v) is 17.9. The average Bonchev–Trinajstić information content (AvgIpc) is 3.41. The lowest BCUT2D eigenvalue weighted by molar-refractivity contribution is -0.115. The second-order valence-corrected chi connectivity index (χ2v) is 8.39. The Hall–Kier alpha value is -1.35. The van der Waals surface area contributed by atoms with Crippen molar-refractivity contribution in [2.45, 2.75) is 38.5 Å². The molecule has 3 N–H and O–H groups in total. The molecule has 1 fully saturated rings. The summed E-state index contributed by atoms with van der Waals surface area (Å²) < 4.78 is 26.9. The molecule has 0 atom stereocenters. The van der Waals surface area contributed by atoms with Crippen LogP contribution in [0, 0.1) is 5.92 Å². The van der Waals surface area contributed by atoms with Gasteiger partial charge in [-0.05, 0) is 50.4 Å². The number of halogens is 1. The second kappa shape index (κ2) is 10.8. The summed E-state index contributed by atoms with van der Waals surface area (Å²) in [5.74, 6) is 0.518. The summed E-state index contributed by atoms with van der Waals surface area (Å²) in [6.45, 7) is 8.11. The fourth-order valence-electron chi connectivity index (χ4n) is 2.75. The van der Waals surface area contributed by atoms with E-state index in [1.54, 1.807) is 12.1 Å². The van der Waals surface area contributed by atoms with Crippen molar-refractivity contribution in [3.05, 3.63) is 18.2 Å². The Kier molecular flexibility index (Phi) is 9.52. The van der Waals surface area contributed by atoms with Crippen molar-refractivity contribution in [1.82, 2.24) is 9.62 Å². The van der Waals surface area contributed by atoms with Gasteiger partial charge in [-0.1, -0.05) is 13.8 Å². The Morgan fingerprint density at radius 2 is 1.81 bits per heavy atom. The summed E-state index contributed by atoms with van der Waals surface area (Å²) in [5.41, 5.74) is 1.19. The Labute approximate surface area is 168 Å². The minimum Gasteiger partial charge on any atom is -0.384 e. The van der Waals surface area contributed by atoms with Gasteiger partial charge in [0.1, 0.15) is 0 Å². The van der Waals surface area contributed by atoms with Crippen molar-refractivity contribution in [3.63, 3.8) is 0 Å². The minimum atomic E-state index is -3.57. The molecule has 1 aliphatic rings. The van der Waals surface area contributed by atoms with Gasteiger partial charge in [-0.15, -0.1) is 12.4 Å². The topological polar surface area (TPSA) is 90.5 Å². The number of rotatable bonds is 11. The van der Waals surface area contributed by atoms with E-state index in [-0.39, 0.29) is 29.8 Å². The van der Waals surface area contributed by atoms with Crippen LogP contribution < -0.4 is 16.0 Å². The number of anilines is 2. The number of nitrogens with zero attached hydrogens (tertiary/aromatic N) is 1. The number of benzene rings is 1. The SMILES string of the molecule is CCNc1ccc(S(=O)(=O)N(CC)CC)cc1NC(=O)CNCC1CC1.Cl. The molecule has 0 heterocycles. The summed E-state index contributed by atoms with van der Waals surface area (Å²) in [6, 6.07) is 4.81. The Morgan fingerprint density at radius 1 is 1.15 bits per heavy atom.